The second kappa shape index (κ2) is 11.5. The third-order valence-corrected chi connectivity index (χ3v) is 2.13. The van der Waals surface area contributed by atoms with Gasteiger partial charge in [-0.15, -0.1) is 0 Å². The first kappa shape index (κ1) is 12.5. The SMILES string of the molecule is OC=CCCCCCCCCCO. The third-order valence-electron chi connectivity index (χ3n) is 2.13. The van der Waals surface area contributed by atoms with E-state index in [4.69, 9.17) is 10.2 Å². The molecule has 0 aliphatic heterocycles. The van der Waals surface area contributed by atoms with Crippen LogP contribution in [-0.4, -0.2) is 16.8 Å². The number of hydrogen-bond acceptors (Lipinski definition) is 2. The molecule has 0 bridgehead atoms. The van der Waals surface area contributed by atoms with Crippen LogP contribution in [0.15, 0.2) is 12.3 Å². The first-order valence-corrected chi connectivity index (χ1v) is 5.32. The summed E-state index contributed by atoms with van der Waals surface area (Å²) in [5, 5.41) is 16.9. The summed E-state index contributed by atoms with van der Waals surface area (Å²) in [6.07, 6.45) is 12.3. The summed E-state index contributed by atoms with van der Waals surface area (Å²) in [7, 11) is 0. The molecule has 0 saturated heterocycles. The molecule has 0 atom stereocenters. The smallest absolute Gasteiger partial charge is 0.0751 e. The highest BCUT2D eigenvalue weighted by Crippen LogP contribution is 2.08. The Balaban J connectivity index is 2.83. The lowest BCUT2D eigenvalue weighted by Gasteiger charge is -1.99. The van der Waals surface area contributed by atoms with Gasteiger partial charge in [-0.1, -0.05) is 38.2 Å². The standard InChI is InChI=1S/C11H22O2/c12-10-8-6-4-2-1-3-5-7-9-11-13/h8,10,12-13H,1-7,9,11H2. The van der Waals surface area contributed by atoms with E-state index in [0.29, 0.717) is 6.61 Å². The van der Waals surface area contributed by atoms with E-state index in [2.05, 4.69) is 0 Å². The van der Waals surface area contributed by atoms with Crippen molar-refractivity contribution in [2.75, 3.05) is 6.61 Å². The van der Waals surface area contributed by atoms with E-state index in [0.717, 1.165) is 25.5 Å². The number of unbranched alkanes of at least 4 members (excludes halogenated alkanes) is 7. The van der Waals surface area contributed by atoms with Gasteiger partial charge in [-0.2, -0.15) is 0 Å². The molecular weight excluding hydrogens is 164 g/mol. The summed E-state index contributed by atoms with van der Waals surface area (Å²) in [6, 6.07) is 0. The minimum atomic E-state index is 0.335. The summed E-state index contributed by atoms with van der Waals surface area (Å²) in [6.45, 7) is 0.335. The van der Waals surface area contributed by atoms with Gasteiger partial charge in [0, 0.05) is 6.61 Å². The van der Waals surface area contributed by atoms with E-state index in [1.807, 2.05) is 0 Å². The van der Waals surface area contributed by atoms with Crippen LogP contribution in [0, 0.1) is 0 Å². The van der Waals surface area contributed by atoms with Crippen molar-refractivity contribution in [2.24, 2.45) is 0 Å². The molecule has 0 heterocycles. The van der Waals surface area contributed by atoms with Gasteiger partial charge in [0.2, 0.25) is 0 Å². The zero-order valence-electron chi connectivity index (χ0n) is 8.41. The largest absolute Gasteiger partial charge is 0.516 e. The van der Waals surface area contributed by atoms with Gasteiger partial charge in [0.1, 0.15) is 0 Å². The summed E-state index contributed by atoms with van der Waals surface area (Å²) in [5.41, 5.74) is 0. The van der Waals surface area contributed by atoms with E-state index >= 15 is 0 Å². The van der Waals surface area contributed by atoms with Crippen LogP contribution >= 0.6 is 0 Å². The average molecular weight is 186 g/mol. The first-order valence-electron chi connectivity index (χ1n) is 5.32. The van der Waals surface area contributed by atoms with Crippen molar-refractivity contribution in [3.05, 3.63) is 12.3 Å². The molecule has 0 unspecified atom stereocenters. The molecule has 78 valence electrons. The predicted octanol–water partition coefficient (Wildman–Crippen LogP) is 3.17. The molecule has 0 fully saturated rings. The van der Waals surface area contributed by atoms with E-state index in [1.54, 1.807) is 6.08 Å². The molecule has 0 rings (SSSR count). The minimum absolute atomic E-state index is 0.335. The number of allylic oxidation sites excluding steroid dienone is 1. The van der Waals surface area contributed by atoms with Crippen molar-refractivity contribution in [2.45, 2.75) is 51.4 Å². The third kappa shape index (κ3) is 11.5. The lowest BCUT2D eigenvalue weighted by molar-refractivity contribution is 0.282. The quantitative estimate of drug-likeness (QED) is 0.429. The maximum atomic E-state index is 8.53. The molecule has 0 aliphatic carbocycles. The molecule has 2 nitrogen and oxygen atoms in total. The van der Waals surface area contributed by atoms with E-state index in [-0.39, 0.29) is 0 Å². The minimum Gasteiger partial charge on any atom is -0.516 e. The Morgan fingerprint density at radius 2 is 1.31 bits per heavy atom. The van der Waals surface area contributed by atoms with Gasteiger partial charge in [-0.05, 0) is 19.3 Å². The number of rotatable bonds is 9. The second-order valence-corrected chi connectivity index (χ2v) is 3.37. The molecule has 0 aromatic heterocycles. The van der Waals surface area contributed by atoms with Crippen molar-refractivity contribution < 1.29 is 10.2 Å². The van der Waals surface area contributed by atoms with E-state index in [1.165, 1.54) is 32.1 Å². The van der Waals surface area contributed by atoms with E-state index in [9.17, 15) is 0 Å². The van der Waals surface area contributed by atoms with Crippen molar-refractivity contribution in [3.8, 4) is 0 Å². The maximum absolute atomic E-state index is 8.53. The first-order chi connectivity index (χ1) is 6.41. The average Bonchev–Trinajstić information content (AvgIpc) is 2.16. The van der Waals surface area contributed by atoms with Crippen molar-refractivity contribution in [1.82, 2.24) is 0 Å². The molecule has 0 spiro atoms. The van der Waals surface area contributed by atoms with Gasteiger partial charge in [0.25, 0.3) is 0 Å². The summed E-state index contributed by atoms with van der Waals surface area (Å²) in [5.74, 6) is 0. The number of aliphatic hydroxyl groups is 2. The topological polar surface area (TPSA) is 40.5 Å². The number of hydrogen-bond donors (Lipinski definition) is 2. The van der Waals surface area contributed by atoms with Crippen molar-refractivity contribution in [1.29, 1.82) is 0 Å². The molecule has 0 amide bonds. The van der Waals surface area contributed by atoms with Gasteiger partial charge in [0.05, 0.1) is 6.26 Å². The fourth-order valence-corrected chi connectivity index (χ4v) is 1.33. The highest BCUT2D eigenvalue weighted by molar-refractivity contribution is 4.70. The fourth-order valence-electron chi connectivity index (χ4n) is 1.33. The van der Waals surface area contributed by atoms with Crippen LogP contribution in [0.2, 0.25) is 0 Å². The van der Waals surface area contributed by atoms with Crippen LogP contribution in [0.5, 0.6) is 0 Å². The maximum Gasteiger partial charge on any atom is 0.0751 e. The Morgan fingerprint density at radius 1 is 0.769 bits per heavy atom. The molecule has 13 heavy (non-hydrogen) atoms. The summed E-state index contributed by atoms with van der Waals surface area (Å²) < 4.78 is 0. The molecule has 0 aliphatic rings. The van der Waals surface area contributed by atoms with Crippen LogP contribution in [0.3, 0.4) is 0 Å². The molecule has 0 saturated carbocycles. The zero-order chi connectivity index (χ0) is 9.78. The Labute approximate surface area is 81.3 Å². The Hall–Kier alpha value is -0.500. The zero-order valence-corrected chi connectivity index (χ0v) is 8.41. The second-order valence-electron chi connectivity index (χ2n) is 3.37. The van der Waals surface area contributed by atoms with Gasteiger partial charge >= 0.3 is 0 Å². The molecule has 0 aromatic rings. The molecule has 2 heteroatoms. The van der Waals surface area contributed by atoms with Crippen molar-refractivity contribution >= 4 is 0 Å². The fraction of sp³-hybridized carbons (Fsp3) is 0.818. The molecule has 2 N–H and O–H groups in total. The Morgan fingerprint density at radius 3 is 1.85 bits per heavy atom. The Kier molecular flexibility index (Phi) is 11.1. The Bertz CT molecular complexity index is 111. The van der Waals surface area contributed by atoms with Gasteiger partial charge in [-0.25, -0.2) is 0 Å². The monoisotopic (exact) mass is 186 g/mol. The molecule has 0 aromatic carbocycles. The predicted molar refractivity (Wildman–Crippen MR) is 55.8 cm³/mol. The van der Waals surface area contributed by atoms with Gasteiger partial charge < -0.3 is 10.2 Å². The van der Waals surface area contributed by atoms with Crippen LogP contribution in [0.4, 0.5) is 0 Å². The number of aliphatic hydroxyl groups excluding tert-OH is 2. The van der Waals surface area contributed by atoms with Crippen molar-refractivity contribution in [3.63, 3.8) is 0 Å². The van der Waals surface area contributed by atoms with Crippen LogP contribution < -0.4 is 0 Å². The van der Waals surface area contributed by atoms with Crippen LogP contribution in [0.25, 0.3) is 0 Å². The molecule has 0 radical (unpaired) electrons. The van der Waals surface area contributed by atoms with E-state index < -0.39 is 0 Å². The summed E-state index contributed by atoms with van der Waals surface area (Å²) in [4.78, 5) is 0. The molecular formula is C11H22O2. The van der Waals surface area contributed by atoms with Gasteiger partial charge in [0.15, 0.2) is 0 Å². The lowest BCUT2D eigenvalue weighted by Crippen LogP contribution is -1.83. The van der Waals surface area contributed by atoms with Gasteiger partial charge in [-0.3, -0.25) is 0 Å². The summed E-state index contributed by atoms with van der Waals surface area (Å²) >= 11 is 0. The lowest BCUT2D eigenvalue weighted by atomic mass is 10.1. The normalized spacial score (nSPS) is 11.2. The highest BCUT2D eigenvalue weighted by atomic mass is 16.3. The van der Waals surface area contributed by atoms with Crippen LogP contribution in [0.1, 0.15) is 51.4 Å². The van der Waals surface area contributed by atoms with Crippen LogP contribution in [-0.2, 0) is 0 Å². The highest BCUT2D eigenvalue weighted by Gasteiger charge is 1.90.